The van der Waals surface area contributed by atoms with Gasteiger partial charge in [0.15, 0.2) is 5.75 Å². The highest BCUT2D eigenvalue weighted by Crippen LogP contribution is 2.25. The van der Waals surface area contributed by atoms with Crippen LogP contribution >= 0.6 is 0 Å². The molecule has 0 radical (unpaired) electrons. The summed E-state index contributed by atoms with van der Waals surface area (Å²) in [6, 6.07) is 14.1. The molecule has 1 heterocycles. The van der Waals surface area contributed by atoms with Crippen LogP contribution in [0.1, 0.15) is 21.5 Å². The molecular weight excluding hydrogens is 316 g/mol. The SMILES string of the molecule is Cc1cccc(C(=O)Nc2cc(C#N)cc(Oc3cncnc3)c2)c1. The molecule has 0 bridgehead atoms. The summed E-state index contributed by atoms with van der Waals surface area (Å²) < 4.78 is 5.64. The van der Waals surface area contributed by atoms with Gasteiger partial charge < -0.3 is 10.1 Å². The van der Waals surface area contributed by atoms with E-state index in [1.165, 1.54) is 18.7 Å². The van der Waals surface area contributed by atoms with Gasteiger partial charge in [-0.2, -0.15) is 5.26 Å². The first-order chi connectivity index (χ1) is 12.1. The van der Waals surface area contributed by atoms with Gasteiger partial charge in [-0.1, -0.05) is 17.7 Å². The van der Waals surface area contributed by atoms with E-state index >= 15 is 0 Å². The fourth-order valence-corrected chi connectivity index (χ4v) is 2.26. The van der Waals surface area contributed by atoms with Gasteiger partial charge in [-0.15, -0.1) is 0 Å². The maximum atomic E-state index is 12.4. The number of nitriles is 1. The van der Waals surface area contributed by atoms with Gasteiger partial charge in [-0.25, -0.2) is 9.97 Å². The summed E-state index contributed by atoms with van der Waals surface area (Å²) in [5.74, 6) is 0.592. The van der Waals surface area contributed by atoms with Crippen LogP contribution in [0, 0.1) is 18.3 Å². The summed E-state index contributed by atoms with van der Waals surface area (Å²) in [6.07, 6.45) is 4.42. The van der Waals surface area contributed by atoms with Crippen molar-refractivity contribution in [2.24, 2.45) is 0 Å². The minimum Gasteiger partial charge on any atom is -0.454 e. The Kier molecular flexibility index (Phi) is 4.67. The number of hydrogen-bond donors (Lipinski definition) is 1. The number of carbonyl (C=O) groups excluding carboxylic acids is 1. The Balaban J connectivity index is 1.85. The van der Waals surface area contributed by atoms with E-state index in [1.807, 2.05) is 19.1 Å². The Morgan fingerprint density at radius 3 is 2.64 bits per heavy atom. The molecule has 25 heavy (non-hydrogen) atoms. The Morgan fingerprint density at radius 2 is 1.92 bits per heavy atom. The van der Waals surface area contributed by atoms with Gasteiger partial charge in [0.25, 0.3) is 5.91 Å². The lowest BCUT2D eigenvalue weighted by Crippen LogP contribution is -2.12. The van der Waals surface area contributed by atoms with Crippen LogP contribution in [-0.4, -0.2) is 15.9 Å². The fraction of sp³-hybridized carbons (Fsp3) is 0.0526. The van der Waals surface area contributed by atoms with Gasteiger partial charge in [0.05, 0.1) is 24.0 Å². The standard InChI is InChI=1S/C19H14N4O2/c1-13-3-2-4-15(5-13)19(24)23-16-6-14(9-20)7-17(8-16)25-18-10-21-12-22-11-18/h2-8,10-12H,1H3,(H,23,24). The Labute approximate surface area is 144 Å². The number of hydrogen-bond acceptors (Lipinski definition) is 5. The molecule has 0 saturated carbocycles. The number of amides is 1. The molecule has 1 amide bonds. The molecule has 0 aliphatic carbocycles. The minimum absolute atomic E-state index is 0.257. The van der Waals surface area contributed by atoms with Crippen molar-refractivity contribution in [2.75, 3.05) is 5.32 Å². The Bertz CT molecular complexity index is 949. The number of carbonyl (C=O) groups is 1. The maximum absolute atomic E-state index is 12.4. The van der Waals surface area contributed by atoms with Gasteiger partial charge in [0.1, 0.15) is 12.1 Å². The smallest absolute Gasteiger partial charge is 0.255 e. The molecule has 0 saturated heterocycles. The number of aromatic nitrogens is 2. The number of ether oxygens (including phenoxy) is 1. The molecule has 0 spiro atoms. The van der Waals surface area contributed by atoms with Crippen molar-refractivity contribution in [3.8, 4) is 17.6 Å². The van der Waals surface area contributed by atoms with Crippen LogP contribution < -0.4 is 10.1 Å². The summed E-state index contributed by atoms with van der Waals surface area (Å²) in [6.45, 7) is 1.92. The van der Waals surface area contributed by atoms with Gasteiger partial charge in [-0.05, 0) is 31.2 Å². The first-order valence-electron chi connectivity index (χ1n) is 7.50. The quantitative estimate of drug-likeness (QED) is 0.788. The zero-order chi connectivity index (χ0) is 17.6. The summed E-state index contributed by atoms with van der Waals surface area (Å²) in [5.41, 5.74) is 2.37. The van der Waals surface area contributed by atoms with Gasteiger partial charge in [0.2, 0.25) is 0 Å². The average molecular weight is 330 g/mol. The zero-order valence-corrected chi connectivity index (χ0v) is 13.4. The predicted octanol–water partition coefficient (Wildman–Crippen LogP) is 3.70. The molecule has 3 rings (SSSR count). The molecule has 6 nitrogen and oxygen atoms in total. The summed E-state index contributed by atoms with van der Waals surface area (Å²) in [5, 5.41) is 12.0. The van der Waals surface area contributed by atoms with Crippen LogP contribution in [0.4, 0.5) is 5.69 Å². The van der Waals surface area contributed by atoms with Crippen LogP contribution in [0.25, 0.3) is 0 Å². The van der Waals surface area contributed by atoms with Crippen molar-refractivity contribution >= 4 is 11.6 Å². The van der Waals surface area contributed by atoms with Crippen LogP contribution in [-0.2, 0) is 0 Å². The fourth-order valence-electron chi connectivity index (χ4n) is 2.26. The highest BCUT2D eigenvalue weighted by atomic mass is 16.5. The third kappa shape index (κ3) is 4.18. The number of aryl methyl sites for hydroxylation is 1. The number of rotatable bonds is 4. The van der Waals surface area contributed by atoms with Crippen molar-refractivity contribution in [3.05, 3.63) is 77.9 Å². The third-order valence-corrected chi connectivity index (χ3v) is 3.35. The number of anilines is 1. The van der Waals surface area contributed by atoms with Crippen LogP contribution in [0.2, 0.25) is 0 Å². The molecule has 0 aliphatic heterocycles. The third-order valence-electron chi connectivity index (χ3n) is 3.35. The second-order valence-corrected chi connectivity index (χ2v) is 5.36. The number of nitrogens with zero attached hydrogens (tertiary/aromatic N) is 3. The molecule has 3 aromatic rings. The molecular formula is C19H14N4O2. The molecule has 0 unspecified atom stereocenters. The minimum atomic E-state index is -0.257. The molecule has 122 valence electrons. The first-order valence-corrected chi connectivity index (χ1v) is 7.50. The average Bonchev–Trinajstić information content (AvgIpc) is 2.62. The van der Waals surface area contributed by atoms with E-state index < -0.39 is 0 Å². The number of nitrogens with one attached hydrogen (secondary N) is 1. The molecule has 0 fully saturated rings. The molecule has 6 heteroatoms. The summed E-state index contributed by atoms with van der Waals surface area (Å²) >= 11 is 0. The molecule has 2 aromatic carbocycles. The zero-order valence-electron chi connectivity index (χ0n) is 13.4. The lowest BCUT2D eigenvalue weighted by Gasteiger charge is -2.10. The second kappa shape index (κ2) is 7.23. The normalized spacial score (nSPS) is 9.92. The van der Waals surface area contributed by atoms with E-state index in [9.17, 15) is 10.1 Å². The van der Waals surface area contributed by atoms with Crippen molar-refractivity contribution < 1.29 is 9.53 Å². The molecule has 0 aliphatic rings. The van der Waals surface area contributed by atoms with Crippen molar-refractivity contribution in [1.82, 2.24) is 9.97 Å². The molecule has 1 N–H and O–H groups in total. The maximum Gasteiger partial charge on any atom is 0.255 e. The van der Waals surface area contributed by atoms with E-state index in [0.29, 0.717) is 28.3 Å². The molecule has 0 atom stereocenters. The summed E-state index contributed by atoms with van der Waals surface area (Å²) in [4.78, 5) is 20.1. The van der Waals surface area contributed by atoms with Crippen LogP contribution in [0.15, 0.2) is 61.2 Å². The van der Waals surface area contributed by atoms with E-state index in [-0.39, 0.29) is 5.91 Å². The van der Waals surface area contributed by atoms with Gasteiger partial charge in [0, 0.05) is 17.3 Å². The van der Waals surface area contributed by atoms with E-state index in [1.54, 1.807) is 30.3 Å². The predicted molar refractivity (Wildman–Crippen MR) is 92.4 cm³/mol. The van der Waals surface area contributed by atoms with E-state index in [4.69, 9.17) is 4.74 Å². The van der Waals surface area contributed by atoms with Crippen LogP contribution in [0.5, 0.6) is 11.5 Å². The largest absolute Gasteiger partial charge is 0.454 e. The Hall–Kier alpha value is -3.72. The van der Waals surface area contributed by atoms with Crippen molar-refractivity contribution in [3.63, 3.8) is 0 Å². The second-order valence-electron chi connectivity index (χ2n) is 5.36. The lowest BCUT2D eigenvalue weighted by molar-refractivity contribution is 0.102. The lowest BCUT2D eigenvalue weighted by atomic mass is 10.1. The molecule has 1 aromatic heterocycles. The van der Waals surface area contributed by atoms with Crippen LogP contribution in [0.3, 0.4) is 0 Å². The van der Waals surface area contributed by atoms with Crippen molar-refractivity contribution in [1.29, 1.82) is 5.26 Å². The highest BCUT2D eigenvalue weighted by Gasteiger charge is 2.09. The number of benzene rings is 2. The first kappa shape index (κ1) is 16.1. The van der Waals surface area contributed by atoms with Gasteiger partial charge in [-0.3, -0.25) is 4.79 Å². The van der Waals surface area contributed by atoms with E-state index in [0.717, 1.165) is 5.56 Å². The van der Waals surface area contributed by atoms with E-state index in [2.05, 4.69) is 21.4 Å². The highest BCUT2D eigenvalue weighted by molar-refractivity contribution is 6.04. The Morgan fingerprint density at radius 1 is 1.12 bits per heavy atom. The monoisotopic (exact) mass is 330 g/mol. The topological polar surface area (TPSA) is 87.9 Å². The summed E-state index contributed by atoms with van der Waals surface area (Å²) in [7, 11) is 0. The van der Waals surface area contributed by atoms with Gasteiger partial charge >= 0.3 is 0 Å². The van der Waals surface area contributed by atoms with Crippen molar-refractivity contribution in [2.45, 2.75) is 6.92 Å².